The van der Waals surface area contributed by atoms with Crippen molar-refractivity contribution in [2.75, 3.05) is 25.1 Å². The molecule has 3 atom stereocenters. The van der Waals surface area contributed by atoms with Gasteiger partial charge in [-0.3, -0.25) is 4.21 Å². The second kappa shape index (κ2) is 8.24. The van der Waals surface area contributed by atoms with Crippen molar-refractivity contribution in [1.29, 1.82) is 0 Å². The molecule has 1 rings (SSSR count). The molecule has 0 saturated carbocycles. The van der Waals surface area contributed by atoms with Crippen molar-refractivity contribution in [3.8, 4) is 0 Å². The standard InChI is InChI=1S/C13H24N2O4S/c1-3-10-5-7-15(11(9-10)12(16)17)13(18)14-6-4-8-20(2)19/h10-11H,3-9H2,1-2H3,(H,14,18)(H,16,17). The quantitative estimate of drug-likeness (QED) is 0.718. The van der Waals surface area contributed by atoms with Crippen LogP contribution in [0.4, 0.5) is 4.79 Å². The third kappa shape index (κ3) is 5.11. The molecule has 0 aromatic heterocycles. The van der Waals surface area contributed by atoms with Gasteiger partial charge in [-0.25, -0.2) is 9.59 Å². The first kappa shape index (κ1) is 16.9. The summed E-state index contributed by atoms with van der Waals surface area (Å²) in [5, 5.41) is 12.0. The molecule has 7 heteroatoms. The fraction of sp³-hybridized carbons (Fsp3) is 0.846. The number of carbonyl (C=O) groups excluding carboxylic acids is 1. The molecular weight excluding hydrogens is 280 g/mol. The Morgan fingerprint density at radius 2 is 2.15 bits per heavy atom. The fourth-order valence-corrected chi connectivity index (χ4v) is 3.01. The molecule has 0 spiro atoms. The van der Waals surface area contributed by atoms with Crippen molar-refractivity contribution in [2.24, 2.45) is 5.92 Å². The van der Waals surface area contributed by atoms with Crippen molar-refractivity contribution in [3.05, 3.63) is 0 Å². The third-order valence-electron chi connectivity index (χ3n) is 3.72. The number of piperidine rings is 1. The van der Waals surface area contributed by atoms with Gasteiger partial charge < -0.3 is 15.3 Å². The number of carboxylic acids is 1. The number of carbonyl (C=O) groups is 2. The number of carboxylic acid groups (broad SMARTS) is 1. The highest BCUT2D eigenvalue weighted by molar-refractivity contribution is 7.84. The summed E-state index contributed by atoms with van der Waals surface area (Å²) in [5.74, 6) is -0.0174. The molecule has 20 heavy (non-hydrogen) atoms. The monoisotopic (exact) mass is 304 g/mol. The minimum absolute atomic E-state index is 0.325. The normalized spacial score (nSPS) is 24.2. The number of amides is 2. The molecule has 2 amide bonds. The molecule has 1 heterocycles. The molecule has 1 aliphatic heterocycles. The van der Waals surface area contributed by atoms with Gasteiger partial charge in [-0.15, -0.1) is 0 Å². The fourth-order valence-electron chi connectivity index (χ4n) is 2.46. The number of hydrogen-bond donors (Lipinski definition) is 2. The van der Waals surface area contributed by atoms with E-state index in [1.165, 1.54) is 4.90 Å². The van der Waals surface area contributed by atoms with Gasteiger partial charge >= 0.3 is 12.0 Å². The molecule has 1 aliphatic rings. The third-order valence-corrected chi connectivity index (χ3v) is 4.58. The van der Waals surface area contributed by atoms with Gasteiger partial charge in [0, 0.05) is 35.9 Å². The lowest BCUT2D eigenvalue weighted by Crippen LogP contribution is -2.53. The second-order valence-corrected chi connectivity index (χ2v) is 6.76. The van der Waals surface area contributed by atoms with E-state index in [1.54, 1.807) is 6.26 Å². The highest BCUT2D eigenvalue weighted by atomic mass is 32.2. The second-order valence-electron chi connectivity index (χ2n) is 5.21. The van der Waals surface area contributed by atoms with E-state index < -0.39 is 22.8 Å². The van der Waals surface area contributed by atoms with Crippen molar-refractivity contribution in [3.63, 3.8) is 0 Å². The minimum Gasteiger partial charge on any atom is -0.480 e. The maximum absolute atomic E-state index is 12.0. The first-order valence-corrected chi connectivity index (χ1v) is 8.75. The molecule has 1 fully saturated rings. The largest absolute Gasteiger partial charge is 0.480 e. The van der Waals surface area contributed by atoms with Crippen LogP contribution in [-0.4, -0.2) is 57.4 Å². The lowest BCUT2D eigenvalue weighted by molar-refractivity contribution is -0.144. The maximum atomic E-state index is 12.0. The van der Waals surface area contributed by atoms with Gasteiger partial charge in [0.1, 0.15) is 6.04 Å². The first-order valence-electron chi connectivity index (χ1n) is 7.03. The molecule has 1 saturated heterocycles. The Morgan fingerprint density at radius 3 is 2.70 bits per heavy atom. The Hall–Kier alpha value is -1.11. The van der Waals surface area contributed by atoms with E-state index in [2.05, 4.69) is 5.32 Å². The highest BCUT2D eigenvalue weighted by Gasteiger charge is 2.35. The zero-order valence-electron chi connectivity index (χ0n) is 12.1. The Bertz CT molecular complexity index is 375. The Balaban J connectivity index is 2.48. The number of hydrogen-bond acceptors (Lipinski definition) is 3. The van der Waals surface area contributed by atoms with Crippen LogP contribution in [0, 0.1) is 5.92 Å². The van der Waals surface area contributed by atoms with Crippen LogP contribution >= 0.6 is 0 Å². The number of urea groups is 1. The molecule has 0 aromatic rings. The Kier molecular flexibility index (Phi) is 6.98. The van der Waals surface area contributed by atoms with Crippen LogP contribution in [0.5, 0.6) is 0 Å². The number of likely N-dealkylation sites (tertiary alicyclic amines) is 1. The first-order chi connectivity index (χ1) is 9.45. The van der Waals surface area contributed by atoms with Gasteiger partial charge in [0.2, 0.25) is 0 Å². The van der Waals surface area contributed by atoms with Gasteiger partial charge in [-0.1, -0.05) is 13.3 Å². The van der Waals surface area contributed by atoms with Gasteiger partial charge in [-0.05, 0) is 25.2 Å². The summed E-state index contributed by atoms with van der Waals surface area (Å²) in [4.78, 5) is 24.7. The van der Waals surface area contributed by atoms with Gasteiger partial charge in [0.25, 0.3) is 0 Å². The summed E-state index contributed by atoms with van der Waals surface area (Å²) in [7, 11) is -0.864. The maximum Gasteiger partial charge on any atom is 0.326 e. The summed E-state index contributed by atoms with van der Waals surface area (Å²) >= 11 is 0. The molecule has 0 aromatic carbocycles. The number of aliphatic carboxylic acids is 1. The van der Waals surface area contributed by atoms with Crippen molar-refractivity contribution in [2.45, 2.75) is 38.6 Å². The smallest absolute Gasteiger partial charge is 0.326 e. The number of nitrogens with one attached hydrogen (secondary N) is 1. The topological polar surface area (TPSA) is 86.7 Å². The Labute approximate surface area is 122 Å². The summed E-state index contributed by atoms with van der Waals surface area (Å²) in [6, 6.07) is -1.05. The summed E-state index contributed by atoms with van der Waals surface area (Å²) in [5.41, 5.74) is 0. The van der Waals surface area contributed by atoms with E-state index in [0.717, 1.165) is 12.8 Å². The predicted octanol–water partition coefficient (Wildman–Crippen LogP) is 1.04. The van der Waals surface area contributed by atoms with Crippen LogP contribution in [0.3, 0.4) is 0 Å². The zero-order valence-corrected chi connectivity index (χ0v) is 12.9. The number of nitrogens with zero attached hydrogens (tertiary/aromatic N) is 1. The molecule has 0 bridgehead atoms. The van der Waals surface area contributed by atoms with Crippen LogP contribution in [0.15, 0.2) is 0 Å². The molecule has 2 N–H and O–H groups in total. The summed E-state index contributed by atoms with van der Waals surface area (Å²) in [6.45, 7) is 2.96. The van der Waals surface area contributed by atoms with E-state index in [9.17, 15) is 18.9 Å². The van der Waals surface area contributed by atoms with Crippen molar-refractivity contribution < 1.29 is 18.9 Å². The van der Waals surface area contributed by atoms with Gasteiger partial charge in [0.15, 0.2) is 0 Å². The van der Waals surface area contributed by atoms with Crippen LogP contribution in [0.25, 0.3) is 0 Å². The van der Waals surface area contributed by atoms with E-state index in [4.69, 9.17) is 0 Å². The van der Waals surface area contributed by atoms with Crippen molar-refractivity contribution >= 4 is 22.8 Å². The molecule has 6 nitrogen and oxygen atoms in total. The highest BCUT2D eigenvalue weighted by Crippen LogP contribution is 2.25. The van der Waals surface area contributed by atoms with E-state index in [-0.39, 0.29) is 6.03 Å². The Morgan fingerprint density at radius 1 is 1.45 bits per heavy atom. The van der Waals surface area contributed by atoms with Crippen LogP contribution < -0.4 is 5.32 Å². The predicted molar refractivity (Wildman–Crippen MR) is 78.1 cm³/mol. The molecular formula is C13H24N2O4S. The van der Waals surface area contributed by atoms with Crippen LogP contribution in [0.1, 0.15) is 32.6 Å². The summed E-state index contributed by atoms with van der Waals surface area (Å²) < 4.78 is 10.9. The molecule has 0 radical (unpaired) electrons. The number of rotatable bonds is 6. The van der Waals surface area contributed by atoms with Gasteiger partial charge in [-0.2, -0.15) is 0 Å². The average Bonchev–Trinajstić information content (AvgIpc) is 2.42. The van der Waals surface area contributed by atoms with Crippen molar-refractivity contribution in [1.82, 2.24) is 10.2 Å². The average molecular weight is 304 g/mol. The van der Waals surface area contributed by atoms with E-state index in [1.807, 2.05) is 6.92 Å². The van der Waals surface area contributed by atoms with E-state index in [0.29, 0.717) is 37.6 Å². The SMILES string of the molecule is CCC1CCN(C(=O)NCCCS(C)=O)C(C(=O)O)C1. The van der Waals surface area contributed by atoms with Crippen LogP contribution in [0.2, 0.25) is 0 Å². The van der Waals surface area contributed by atoms with Crippen LogP contribution in [-0.2, 0) is 15.6 Å². The molecule has 116 valence electrons. The summed E-state index contributed by atoms with van der Waals surface area (Å²) in [6.07, 6.45) is 4.59. The molecule has 3 unspecified atom stereocenters. The molecule has 0 aliphatic carbocycles. The minimum atomic E-state index is -0.937. The lowest BCUT2D eigenvalue weighted by atomic mass is 9.89. The van der Waals surface area contributed by atoms with E-state index >= 15 is 0 Å². The van der Waals surface area contributed by atoms with Gasteiger partial charge in [0.05, 0.1) is 0 Å². The lowest BCUT2D eigenvalue weighted by Gasteiger charge is -2.36. The zero-order chi connectivity index (χ0) is 15.1.